The van der Waals surface area contributed by atoms with Crippen molar-refractivity contribution < 1.29 is 9.47 Å². The highest BCUT2D eigenvalue weighted by molar-refractivity contribution is 5.74. The van der Waals surface area contributed by atoms with E-state index >= 15 is 0 Å². The maximum Gasteiger partial charge on any atom is 0.133 e. The standard InChI is InChI=1S/C28H26N4O2/c1-20(12-14-33-27-8-4-23(5-9-27)21(2)25(16-29)17-30)13-15-34-28-10-6-24(7-11-28)22(3)26(18-31)19-32/h4-11,20H,12-15H2,1-3H3. The van der Waals surface area contributed by atoms with Crippen molar-refractivity contribution in [3.63, 3.8) is 0 Å². The Morgan fingerprint density at radius 3 is 1.26 bits per heavy atom. The van der Waals surface area contributed by atoms with Crippen LogP contribution in [0.2, 0.25) is 0 Å². The minimum absolute atomic E-state index is 0.111. The van der Waals surface area contributed by atoms with Gasteiger partial charge in [0.1, 0.15) is 46.9 Å². The second-order valence-corrected chi connectivity index (χ2v) is 7.88. The Labute approximate surface area is 201 Å². The lowest BCUT2D eigenvalue weighted by Crippen LogP contribution is -2.08. The Kier molecular flexibility index (Phi) is 9.94. The average molecular weight is 451 g/mol. The monoisotopic (exact) mass is 450 g/mol. The van der Waals surface area contributed by atoms with Gasteiger partial charge in [-0.05, 0) is 79.1 Å². The van der Waals surface area contributed by atoms with Crippen molar-refractivity contribution in [3.8, 4) is 35.8 Å². The Bertz CT molecular complexity index is 1080. The summed E-state index contributed by atoms with van der Waals surface area (Å²) >= 11 is 0. The highest BCUT2D eigenvalue weighted by Crippen LogP contribution is 2.23. The fourth-order valence-corrected chi connectivity index (χ4v) is 3.18. The lowest BCUT2D eigenvalue weighted by atomic mass is 10.0. The number of hydrogen-bond donors (Lipinski definition) is 0. The van der Waals surface area contributed by atoms with E-state index < -0.39 is 0 Å². The summed E-state index contributed by atoms with van der Waals surface area (Å²) in [6.45, 7) is 6.83. The molecule has 0 unspecified atom stereocenters. The van der Waals surface area contributed by atoms with Crippen molar-refractivity contribution in [2.75, 3.05) is 13.2 Å². The van der Waals surface area contributed by atoms with E-state index in [9.17, 15) is 0 Å². The predicted molar refractivity (Wildman–Crippen MR) is 130 cm³/mol. The smallest absolute Gasteiger partial charge is 0.133 e. The maximum atomic E-state index is 8.99. The normalized spacial score (nSPS) is 9.65. The second kappa shape index (κ2) is 13.1. The van der Waals surface area contributed by atoms with Gasteiger partial charge >= 0.3 is 0 Å². The summed E-state index contributed by atoms with van der Waals surface area (Å²) in [6, 6.07) is 22.4. The summed E-state index contributed by atoms with van der Waals surface area (Å²) < 4.78 is 11.7. The molecular weight excluding hydrogens is 424 g/mol. The third-order valence-corrected chi connectivity index (χ3v) is 5.53. The lowest BCUT2D eigenvalue weighted by molar-refractivity contribution is 0.245. The molecular formula is C28H26N4O2. The quantitative estimate of drug-likeness (QED) is 0.398. The molecule has 2 rings (SSSR count). The molecule has 0 bridgehead atoms. The number of benzene rings is 2. The first-order chi connectivity index (χ1) is 16.4. The molecule has 170 valence electrons. The van der Waals surface area contributed by atoms with Gasteiger partial charge in [-0.15, -0.1) is 0 Å². The Balaban J connectivity index is 1.76. The molecule has 6 heteroatoms. The van der Waals surface area contributed by atoms with Crippen molar-refractivity contribution in [1.29, 1.82) is 21.0 Å². The van der Waals surface area contributed by atoms with Crippen LogP contribution < -0.4 is 9.47 Å². The first-order valence-electron chi connectivity index (χ1n) is 10.9. The largest absolute Gasteiger partial charge is 0.494 e. The zero-order valence-electron chi connectivity index (χ0n) is 19.6. The highest BCUT2D eigenvalue weighted by atomic mass is 16.5. The minimum atomic E-state index is 0.111. The number of allylic oxidation sites excluding steroid dienone is 4. The second-order valence-electron chi connectivity index (χ2n) is 7.88. The van der Waals surface area contributed by atoms with E-state index in [4.69, 9.17) is 30.5 Å². The molecule has 0 saturated carbocycles. The first-order valence-corrected chi connectivity index (χ1v) is 10.9. The van der Waals surface area contributed by atoms with E-state index in [1.807, 2.05) is 72.8 Å². The molecule has 0 spiro atoms. The van der Waals surface area contributed by atoms with Crippen LogP contribution in [0.25, 0.3) is 11.1 Å². The number of rotatable bonds is 10. The molecule has 0 saturated heterocycles. The molecule has 0 heterocycles. The van der Waals surface area contributed by atoms with Crippen molar-refractivity contribution in [1.82, 2.24) is 0 Å². The van der Waals surface area contributed by atoms with E-state index in [-0.39, 0.29) is 11.1 Å². The van der Waals surface area contributed by atoms with Crippen LogP contribution >= 0.6 is 0 Å². The third-order valence-electron chi connectivity index (χ3n) is 5.53. The molecule has 0 aliphatic carbocycles. The molecule has 0 fully saturated rings. The molecule has 6 nitrogen and oxygen atoms in total. The molecule has 0 N–H and O–H groups in total. The van der Waals surface area contributed by atoms with Crippen LogP contribution in [0.4, 0.5) is 0 Å². The van der Waals surface area contributed by atoms with Crippen LogP contribution in [0.15, 0.2) is 59.7 Å². The molecule has 0 radical (unpaired) electrons. The Morgan fingerprint density at radius 2 is 0.971 bits per heavy atom. The summed E-state index contributed by atoms with van der Waals surface area (Å²) in [5.74, 6) is 1.91. The number of nitrogens with zero attached hydrogens (tertiary/aromatic N) is 4. The van der Waals surface area contributed by atoms with Crippen molar-refractivity contribution in [2.45, 2.75) is 33.6 Å². The van der Waals surface area contributed by atoms with E-state index in [0.717, 1.165) is 35.5 Å². The fourth-order valence-electron chi connectivity index (χ4n) is 3.18. The van der Waals surface area contributed by atoms with Crippen molar-refractivity contribution in [2.24, 2.45) is 5.92 Å². The lowest BCUT2D eigenvalue weighted by Gasteiger charge is -2.14. The van der Waals surface area contributed by atoms with E-state index in [1.165, 1.54) is 0 Å². The maximum absolute atomic E-state index is 8.99. The summed E-state index contributed by atoms with van der Waals surface area (Å²) in [5, 5.41) is 36.0. The first kappa shape index (κ1) is 25.7. The molecule has 0 aromatic heterocycles. The number of ether oxygens (including phenoxy) is 2. The Morgan fingerprint density at radius 1 is 0.647 bits per heavy atom. The summed E-state index contributed by atoms with van der Waals surface area (Å²) in [4.78, 5) is 0. The van der Waals surface area contributed by atoms with Gasteiger partial charge in [0.05, 0.1) is 13.2 Å². The summed E-state index contributed by atoms with van der Waals surface area (Å²) in [7, 11) is 0. The SMILES string of the molecule is CC(=C(C#N)C#N)c1ccc(OCCC(C)CCOc2ccc(C(C)=C(C#N)C#N)cc2)cc1. The topological polar surface area (TPSA) is 114 Å². The number of nitriles is 4. The molecule has 34 heavy (non-hydrogen) atoms. The van der Waals surface area contributed by atoms with Crippen LogP contribution in [0.3, 0.4) is 0 Å². The van der Waals surface area contributed by atoms with Gasteiger partial charge < -0.3 is 9.47 Å². The van der Waals surface area contributed by atoms with E-state index in [0.29, 0.717) is 30.3 Å². The molecule has 2 aromatic carbocycles. The zero-order chi connectivity index (χ0) is 24.9. The van der Waals surface area contributed by atoms with Gasteiger partial charge in [-0.25, -0.2) is 0 Å². The van der Waals surface area contributed by atoms with Gasteiger partial charge in [0, 0.05) is 0 Å². The van der Waals surface area contributed by atoms with Gasteiger partial charge in [0.25, 0.3) is 0 Å². The molecule has 0 aliphatic heterocycles. The zero-order valence-corrected chi connectivity index (χ0v) is 19.6. The highest BCUT2D eigenvalue weighted by Gasteiger charge is 2.07. The molecule has 0 aliphatic rings. The minimum Gasteiger partial charge on any atom is -0.494 e. The van der Waals surface area contributed by atoms with Gasteiger partial charge in [-0.2, -0.15) is 21.0 Å². The molecule has 0 amide bonds. The summed E-state index contributed by atoms with van der Waals surface area (Å²) in [6.07, 6.45) is 1.76. The van der Waals surface area contributed by atoms with Crippen LogP contribution in [0.5, 0.6) is 11.5 Å². The Hall–Kier alpha value is -4.52. The van der Waals surface area contributed by atoms with Gasteiger partial charge in [0.15, 0.2) is 0 Å². The van der Waals surface area contributed by atoms with E-state index in [2.05, 4.69) is 6.92 Å². The molecule has 2 aromatic rings. The fraction of sp³-hybridized carbons (Fsp3) is 0.286. The summed E-state index contributed by atoms with van der Waals surface area (Å²) in [5.41, 5.74) is 3.18. The van der Waals surface area contributed by atoms with Crippen molar-refractivity contribution in [3.05, 3.63) is 70.8 Å². The third kappa shape index (κ3) is 7.27. The van der Waals surface area contributed by atoms with E-state index in [1.54, 1.807) is 13.8 Å². The van der Waals surface area contributed by atoms with Gasteiger partial charge in [-0.1, -0.05) is 31.2 Å². The van der Waals surface area contributed by atoms with Crippen LogP contribution in [0.1, 0.15) is 44.7 Å². The van der Waals surface area contributed by atoms with Crippen LogP contribution in [0, 0.1) is 51.2 Å². The van der Waals surface area contributed by atoms with Gasteiger partial charge in [-0.3, -0.25) is 0 Å². The predicted octanol–water partition coefficient (Wildman–Crippen LogP) is 6.20. The van der Waals surface area contributed by atoms with Crippen LogP contribution in [-0.2, 0) is 0 Å². The number of hydrogen-bond acceptors (Lipinski definition) is 6. The molecule has 0 atom stereocenters. The van der Waals surface area contributed by atoms with Gasteiger partial charge in [0.2, 0.25) is 0 Å². The van der Waals surface area contributed by atoms with Crippen molar-refractivity contribution >= 4 is 11.1 Å². The average Bonchev–Trinajstić information content (AvgIpc) is 2.86. The van der Waals surface area contributed by atoms with Crippen LogP contribution in [-0.4, -0.2) is 13.2 Å².